The molecular weight excluding hydrogens is 487 g/mol. The number of anilines is 1. The number of halogens is 2. The van der Waals surface area contributed by atoms with E-state index in [0.29, 0.717) is 5.56 Å². The molecule has 0 bridgehead atoms. The van der Waals surface area contributed by atoms with Crippen LogP contribution in [-0.2, 0) is 21.4 Å². The van der Waals surface area contributed by atoms with Crippen LogP contribution in [0.3, 0.4) is 0 Å². The van der Waals surface area contributed by atoms with Crippen LogP contribution in [0.5, 0.6) is 5.75 Å². The predicted octanol–water partition coefficient (Wildman–Crippen LogP) is 3.49. The van der Waals surface area contributed by atoms with Crippen molar-refractivity contribution in [3.63, 3.8) is 0 Å². The molecule has 0 aromatic heterocycles. The molecule has 8 nitrogen and oxygen atoms in total. The van der Waals surface area contributed by atoms with Gasteiger partial charge in [0.1, 0.15) is 17.6 Å². The maximum Gasteiger partial charge on any atom is 0.323 e. The smallest absolute Gasteiger partial charge is 0.323 e. The number of carbonyl (C=O) groups is 2. The number of para-hydroxylation sites is 1. The first-order valence-electron chi connectivity index (χ1n) is 9.98. The highest BCUT2D eigenvalue weighted by atomic mass is 35.5. The molecule has 176 valence electrons. The number of amides is 1. The van der Waals surface area contributed by atoms with Gasteiger partial charge in [-0.2, -0.15) is 4.31 Å². The van der Waals surface area contributed by atoms with Gasteiger partial charge in [0.05, 0.1) is 22.0 Å². The van der Waals surface area contributed by atoms with Crippen LogP contribution in [0.4, 0.5) is 10.1 Å². The molecule has 1 atom stereocenters. The van der Waals surface area contributed by atoms with E-state index in [4.69, 9.17) is 11.6 Å². The minimum atomic E-state index is -4.37. The number of aromatic hydroxyl groups is 1. The molecule has 1 heterocycles. The summed E-state index contributed by atoms with van der Waals surface area (Å²) in [6.45, 7) is -0.946. The first kappa shape index (κ1) is 23.7. The number of carboxylic acid groups (broad SMARTS) is 1. The normalized spacial score (nSPS) is 16.5. The van der Waals surface area contributed by atoms with Crippen molar-refractivity contribution in [1.29, 1.82) is 0 Å². The summed E-state index contributed by atoms with van der Waals surface area (Å²) in [6, 6.07) is 13.0. The molecule has 1 aliphatic heterocycles. The number of phenols is 1. The molecule has 0 radical (unpaired) electrons. The van der Waals surface area contributed by atoms with E-state index < -0.39 is 45.9 Å². The number of sulfonamides is 1. The molecule has 0 saturated carbocycles. The van der Waals surface area contributed by atoms with Crippen LogP contribution in [0.25, 0.3) is 0 Å². The van der Waals surface area contributed by atoms with Crippen LogP contribution in [0.2, 0.25) is 5.02 Å². The average Bonchev–Trinajstić information content (AvgIpc) is 2.97. The van der Waals surface area contributed by atoms with Gasteiger partial charge in [0.2, 0.25) is 10.0 Å². The Morgan fingerprint density at radius 2 is 1.68 bits per heavy atom. The summed E-state index contributed by atoms with van der Waals surface area (Å²) in [7, 11) is -4.37. The van der Waals surface area contributed by atoms with Crippen molar-refractivity contribution in [2.75, 3.05) is 11.4 Å². The van der Waals surface area contributed by atoms with Gasteiger partial charge in [-0.1, -0.05) is 35.9 Å². The van der Waals surface area contributed by atoms with E-state index in [9.17, 15) is 32.6 Å². The van der Waals surface area contributed by atoms with E-state index in [-0.39, 0.29) is 27.9 Å². The highest BCUT2D eigenvalue weighted by Crippen LogP contribution is 2.33. The van der Waals surface area contributed by atoms with Gasteiger partial charge in [0.15, 0.2) is 0 Å². The highest BCUT2D eigenvalue weighted by Gasteiger charge is 2.42. The first-order valence-corrected chi connectivity index (χ1v) is 11.8. The summed E-state index contributed by atoms with van der Waals surface area (Å²) >= 11 is 6.07. The van der Waals surface area contributed by atoms with Crippen LogP contribution in [-0.4, -0.2) is 47.4 Å². The van der Waals surface area contributed by atoms with Gasteiger partial charge in [0, 0.05) is 12.2 Å². The fourth-order valence-corrected chi connectivity index (χ4v) is 5.58. The molecule has 3 aromatic carbocycles. The van der Waals surface area contributed by atoms with Crippen molar-refractivity contribution in [2.24, 2.45) is 0 Å². The van der Waals surface area contributed by atoms with Crippen molar-refractivity contribution in [1.82, 2.24) is 4.31 Å². The van der Waals surface area contributed by atoms with Crippen molar-refractivity contribution in [3.8, 4) is 5.75 Å². The van der Waals surface area contributed by atoms with Gasteiger partial charge in [-0.05, 0) is 48.0 Å². The van der Waals surface area contributed by atoms with E-state index in [0.717, 1.165) is 27.4 Å². The summed E-state index contributed by atoms with van der Waals surface area (Å²) < 4.78 is 42.2. The molecule has 11 heteroatoms. The number of fused-ring (bicyclic) bond motifs is 1. The Morgan fingerprint density at radius 3 is 2.32 bits per heavy atom. The Balaban J connectivity index is 1.86. The second-order valence-electron chi connectivity index (χ2n) is 7.54. The number of nitrogens with zero attached hydrogens (tertiary/aromatic N) is 2. The Kier molecular flexibility index (Phi) is 6.30. The van der Waals surface area contributed by atoms with E-state index in [2.05, 4.69) is 0 Å². The van der Waals surface area contributed by atoms with Crippen LogP contribution >= 0.6 is 11.6 Å². The van der Waals surface area contributed by atoms with Crippen molar-refractivity contribution in [2.45, 2.75) is 17.5 Å². The molecule has 4 rings (SSSR count). The molecule has 1 aliphatic rings. The quantitative estimate of drug-likeness (QED) is 0.562. The van der Waals surface area contributed by atoms with Crippen LogP contribution in [0, 0.1) is 5.82 Å². The third-order valence-electron chi connectivity index (χ3n) is 5.46. The van der Waals surface area contributed by atoms with Gasteiger partial charge in [0.25, 0.3) is 5.91 Å². The Morgan fingerprint density at radius 1 is 1.00 bits per heavy atom. The number of hydrogen-bond donors (Lipinski definition) is 2. The lowest BCUT2D eigenvalue weighted by molar-refractivity contribution is -0.141. The van der Waals surface area contributed by atoms with E-state index in [1.807, 2.05) is 0 Å². The van der Waals surface area contributed by atoms with Crippen molar-refractivity contribution in [3.05, 3.63) is 88.7 Å². The number of carboxylic acids is 1. The number of aliphatic carboxylic acids is 1. The van der Waals surface area contributed by atoms with Crippen LogP contribution in [0.15, 0.2) is 71.6 Å². The molecule has 0 aliphatic carbocycles. The highest BCUT2D eigenvalue weighted by molar-refractivity contribution is 7.89. The second kappa shape index (κ2) is 9.05. The maximum atomic E-state index is 14.5. The Hall–Kier alpha value is -3.47. The van der Waals surface area contributed by atoms with Gasteiger partial charge in [-0.25, -0.2) is 12.8 Å². The zero-order valence-electron chi connectivity index (χ0n) is 17.4. The summed E-state index contributed by atoms with van der Waals surface area (Å²) in [5.74, 6) is -3.44. The average molecular weight is 505 g/mol. The van der Waals surface area contributed by atoms with E-state index in [1.54, 1.807) is 18.2 Å². The minimum Gasteiger partial charge on any atom is -0.508 e. The third-order valence-corrected chi connectivity index (χ3v) is 7.65. The summed E-state index contributed by atoms with van der Waals surface area (Å²) in [5.41, 5.74) is 0.133. The number of phenolic OH excluding ortho intramolecular Hbond substituents is 1. The lowest BCUT2D eigenvalue weighted by Gasteiger charge is -2.28. The number of hydrogen-bond acceptors (Lipinski definition) is 5. The zero-order chi connectivity index (χ0) is 24.6. The summed E-state index contributed by atoms with van der Waals surface area (Å²) in [4.78, 5) is 26.5. The Labute approximate surface area is 199 Å². The number of carbonyl (C=O) groups excluding carboxylic acids is 1. The molecule has 34 heavy (non-hydrogen) atoms. The standard InChI is InChI=1S/C23H18ClFN2O6S/c24-17-5-3-6-18(25)21(17)22(29)26-13-20(23(30)31)27(12-14-4-1-2-7-19(14)26)34(32,33)16-10-8-15(28)9-11-16/h1-11,20,28H,12-13H2,(H,30,31). The molecule has 0 fully saturated rings. The van der Waals surface area contributed by atoms with Gasteiger partial charge >= 0.3 is 5.97 Å². The van der Waals surface area contributed by atoms with E-state index in [1.165, 1.54) is 30.3 Å². The molecular formula is C23H18ClFN2O6S. The maximum absolute atomic E-state index is 14.5. The second-order valence-corrected chi connectivity index (χ2v) is 9.84. The predicted molar refractivity (Wildman–Crippen MR) is 122 cm³/mol. The third kappa shape index (κ3) is 4.23. The van der Waals surface area contributed by atoms with Crippen LogP contribution < -0.4 is 4.90 Å². The fourth-order valence-electron chi connectivity index (χ4n) is 3.78. The van der Waals surface area contributed by atoms with Crippen LogP contribution in [0.1, 0.15) is 15.9 Å². The number of benzene rings is 3. The lowest BCUT2D eigenvalue weighted by atomic mass is 10.1. The van der Waals surface area contributed by atoms with E-state index >= 15 is 0 Å². The molecule has 0 saturated heterocycles. The molecule has 1 unspecified atom stereocenters. The van der Waals surface area contributed by atoms with Crippen molar-refractivity contribution >= 4 is 39.2 Å². The summed E-state index contributed by atoms with van der Waals surface area (Å²) in [6.07, 6.45) is 0. The molecule has 0 spiro atoms. The summed E-state index contributed by atoms with van der Waals surface area (Å²) in [5, 5.41) is 19.3. The molecule has 1 amide bonds. The fraction of sp³-hybridized carbons (Fsp3) is 0.130. The minimum absolute atomic E-state index is 0.159. The SMILES string of the molecule is O=C(O)C1CN(C(=O)c2c(F)cccc2Cl)c2ccccc2CN1S(=O)(=O)c1ccc(O)cc1. The topological polar surface area (TPSA) is 115 Å². The molecule has 2 N–H and O–H groups in total. The Bertz CT molecular complexity index is 1360. The molecule has 3 aromatic rings. The van der Waals surface area contributed by atoms with Gasteiger partial charge in [-0.15, -0.1) is 0 Å². The van der Waals surface area contributed by atoms with Crippen molar-refractivity contribution < 1.29 is 32.6 Å². The monoisotopic (exact) mass is 504 g/mol. The van der Waals surface area contributed by atoms with Gasteiger partial charge in [-0.3, -0.25) is 9.59 Å². The largest absolute Gasteiger partial charge is 0.508 e. The lowest BCUT2D eigenvalue weighted by Crippen LogP contribution is -2.50. The van der Waals surface area contributed by atoms with Gasteiger partial charge < -0.3 is 15.1 Å². The number of rotatable bonds is 4. The first-order chi connectivity index (χ1) is 16.1. The zero-order valence-corrected chi connectivity index (χ0v) is 19.0.